The Bertz CT molecular complexity index is 939. The van der Waals surface area contributed by atoms with Crippen molar-refractivity contribution in [2.45, 2.75) is 19.4 Å². The van der Waals surface area contributed by atoms with Crippen molar-refractivity contribution in [2.75, 3.05) is 24.7 Å². The van der Waals surface area contributed by atoms with Crippen molar-refractivity contribution in [3.05, 3.63) is 40.1 Å². The van der Waals surface area contributed by atoms with Crippen molar-refractivity contribution in [3.63, 3.8) is 0 Å². The fourth-order valence-corrected chi connectivity index (χ4v) is 4.26. The van der Waals surface area contributed by atoms with E-state index in [1.54, 1.807) is 22.9 Å². The van der Waals surface area contributed by atoms with Gasteiger partial charge in [0.25, 0.3) is 0 Å². The van der Waals surface area contributed by atoms with Crippen LogP contribution in [-0.2, 0) is 21.4 Å². The molecule has 0 aliphatic carbocycles. The van der Waals surface area contributed by atoms with E-state index in [2.05, 4.69) is 15.4 Å². The molecule has 146 valence electrons. The van der Waals surface area contributed by atoms with E-state index in [1.165, 1.54) is 16.9 Å². The summed E-state index contributed by atoms with van der Waals surface area (Å²) in [5, 5.41) is 8.01. The van der Waals surface area contributed by atoms with Gasteiger partial charge in [-0.3, -0.25) is 10.1 Å². The molecule has 0 bridgehead atoms. The summed E-state index contributed by atoms with van der Waals surface area (Å²) in [4.78, 5) is 16.5. The van der Waals surface area contributed by atoms with E-state index in [0.717, 1.165) is 5.56 Å². The lowest BCUT2D eigenvalue weighted by Gasteiger charge is -2.29. The second-order valence-corrected chi connectivity index (χ2v) is 9.25. The Morgan fingerprint density at radius 3 is 2.63 bits per heavy atom. The summed E-state index contributed by atoms with van der Waals surface area (Å²) < 4.78 is 26.0. The van der Waals surface area contributed by atoms with Crippen LogP contribution in [0.1, 0.15) is 18.4 Å². The summed E-state index contributed by atoms with van der Waals surface area (Å²) in [5.74, 6) is -0.262. The summed E-state index contributed by atoms with van der Waals surface area (Å²) in [5.41, 5.74) is 0.831. The van der Waals surface area contributed by atoms with Crippen LogP contribution in [0.3, 0.4) is 0 Å². The minimum Gasteiger partial charge on any atom is -0.293 e. The van der Waals surface area contributed by atoms with Gasteiger partial charge in [0.05, 0.1) is 12.8 Å². The predicted octanol–water partition coefficient (Wildman–Crippen LogP) is 2.24. The second-order valence-electron chi connectivity index (χ2n) is 6.43. The average Bonchev–Trinajstić information content (AvgIpc) is 3.04. The van der Waals surface area contributed by atoms with Crippen LogP contribution in [0.15, 0.2) is 24.5 Å². The molecule has 1 aliphatic heterocycles. The van der Waals surface area contributed by atoms with Crippen molar-refractivity contribution >= 4 is 45.1 Å². The SMILES string of the molecule is CS(=O)(=O)N1CCC(C(=O)Nc2ncn(Cc3ccc(Cl)cc3Cl)n2)CC1. The largest absolute Gasteiger partial charge is 0.293 e. The zero-order chi connectivity index (χ0) is 19.6. The first kappa shape index (κ1) is 20.1. The van der Waals surface area contributed by atoms with Crippen LogP contribution in [0.4, 0.5) is 5.95 Å². The van der Waals surface area contributed by atoms with Gasteiger partial charge in [-0.2, -0.15) is 0 Å². The number of anilines is 1. The van der Waals surface area contributed by atoms with Crippen LogP contribution in [0, 0.1) is 5.92 Å². The molecule has 2 aromatic rings. The average molecular weight is 432 g/mol. The van der Waals surface area contributed by atoms with Gasteiger partial charge in [-0.15, -0.1) is 5.10 Å². The molecule has 11 heteroatoms. The summed E-state index contributed by atoms with van der Waals surface area (Å²) >= 11 is 12.0. The molecule has 1 aromatic carbocycles. The molecular formula is C16H19Cl2N5O3S. The van der Waals surface area contributed by atoms with Gasteiger partial charge in [-0.1, -0.05) is 29.3 Å². The number of hydrogen-bond acceptors (Lipinski definition) is 5. The van der Waals surface area contributed by atoms with Gasteiger partial charge < -0.3 is 0 Å². The summed E-state index contributed by atoms with van der Waals surface area (Å²) in [6.07, 6.45) is 3.63. The first-order valence-electron chi connectivity index (χ1n) is 8.32. The first-order chi connectivity index (χ1) is 12.7. The minimum atomic E-state index is -3.21. The van der Waals surface area contributed by atoms with Gasteiger partial charge in [-0.05, 0) is 30.5 Å². The first-order valence-corrected chi connectivity index (χ1v) is 10.9. The molecule has 1 aliphatic rings. The van der Waals surface area contributed by atoms with Crippen LogP contribution in [0.5, 0.6) is 0 Å². The molecule has 0 radical (unpaired) electrons. The van der Waals surface area contributed by atoms with Gasteiger partial charge in [0.2, 0.25) is 21.9 Å². The van der Waals surface area contributed by atoms with E-state index in [4.69, 9.17) is 23.2 Å². The van der Waals surface area contributed by atoms with Crippen LogP contribution in [-0.4, -0.2) is 52.7 Å². The molecule has 1 N–H and O–H groups in total. The number of hydrogen-bond donors (Lipinski definition) is 1. The lowest BCUT2D eigenvalue weighted by molar-refractivity contribution is -0.121. The molecule has 2 heterocycles. The number of nitrogens with one attached hydrogen (secondary N) is 1. The maximum Gasteiger partial charge on any atom is 0.248 e. The van der Waals surface area contributed by atoms with Crippen LogP contribution in [0.25, 0.3) is 0 Å². The molecule has 1 amide bonds. The van der Waals surface area contributed by atoms with Crippen molar-refractivity contribution in [2.24, 2.45) is 5.92 Å². The molecule has 0 unspecified atom stereocenters. The number of amides is 1. The number of carbonyl (C=O) groups excluding carboxylic acids is 1. The molecular weight excluding hydrogens is 413 g/mol. The topological polar surface area (TPSA) is 97.2 Å². The van der Waals surface area contributed by atoms with E-state index in [9.17, 15) is 13.2 Å². The Kier molecular flexibility index (Phi) is 6.05. The van der Waals surface area contributed by atoms with Crippen molar-refractivity contribution in [1.82, 2.24) is 19.1 Å². The Morgan fingerprint density at radius 1 is 1.30 bits per heavy atom. The van der Waals surface area contributed by atoms with E-state index >= 15 is 0 Å². The van der Waals surface area contributed by atoms with E-state index in [1.807, 2.05) is 0 Å². The fourth-order valence-electron chi connectivity index (χ4n) is 2.91. The standard InChI is InChI=1S/C16H19Cl2N5O3S/c1-27(25,26)23-6-4-11(5-7-23)15(24)20-16-19-10-22(21-16)9-12-2-3-13(17)8-14(12)18/h2-3,8,10-11H,4-7,9H2,1H3,(H,20,21,24). The smallest absolute Gasteiger partial charge is 0.248 e. The number of benzene rings is 1. The van der Waals surface area contributed by atoms with E-state index < -0.39 is 10.0 Å². The number of halogens is 2. The Morgan fingerprint density at radius 2 is 2.00 bits per heavy atom. The predicted molar refractivity (Wildman–Crippen MR) is 103 cm³/mol. The molecule has 27 heavy (non-hydrogen) atoms. The number of nitrogens with zero attached hydrogens (tertiary/aromatic N) is 4. The normalized spacial score (nSPS) is 16.4. The minimum absolute atomic E-state index is 0.203. The quantitative estimate of drug-likeness (QED) is 0.782. The second kappa shape index (κ2) is 8.14. The Labute approximate surface area is 167 Å². The highest BCUT2D eigenvalue weighted by atomic mass is 35.5. The van der Waals surface area contributed by atoms with E-state index in [-0.39, 0.29) is 17.8 Å². The number of sulfonamides is 1. The lowest BCUT2D eigenvalue weighted by Crippen LogP contribution is -2.41. The number of piperidine rings is 1. The fraction of sp³-hybridized carbons (Fsp3) is 0.438. The van der Waals surface area contributed by atoms with Crippen LogP contribution >= 0.6 is 23.2 Å². The number of carbonyl (C=O) groups is 1. The maximum atomic E-state index is 12.4. The Hall–Kier alpha value is -1.68. The maximum absolute atomic E-state index is 12.4. The zero-order valence-corrected chi connectivity index (χ0v) is 16.9. The molecule has 3 rings (SSSR count). The molecule has 1 saturated heterocycles. The van der Waals surface area contributed by atoms with Crippen LogP contribution in [0.2, 0.25) is 10.0 Å². The molecule has 8 nitrogen and oxygen atoms in total. The highest BCUT2D eigenvalue weighted by molar-refractivity contribution is 7.88. The Balaban J connectivity index is 1.57. The van der Waals surface area contributed by atoms with Gasteiger partial charge >= 0.3 is 0 Å². The van der Waals surface area contributed by atoms with Gasteiger partial charge in [-0.25, -0.2) is 22.4 Å². The number of aromatic nitrogens is 3. The highest BCUT2D eigenvalue weighted by Gasteiger charge is 2.29. The molecule has 0 saturated carbocycles. The summed E-state index contributed by atoms with van der Waals surface area (Å²) in [7, 11) is -3.21. The summed E-state index contributed by atoms with van der Waals surface area (Å²) in [6, 6.07) is 5.20. The van der Waals surface area contributed by atoms with Crippen molar-refractivity contribution in [1.29, 1.82) is 0 Å². The third-order valence-electron chi connectivity index (χ3n) is 4.41. The molecule has 0 spiro atoms. The van der Waals surface area contributed by atoms with Crippen LogP contribution < -0.4 is 5.32 Å². The van der Waals surface area contributed by atoms with Gasteiger partial charge in [0.15, 0.2) is 0 Å². The highest BCUT2D eigenvalue weighted by Crippen LogP contribution is 2.22. The van der Waals surface area contributed by atoms with Crippen molar-refractivity contribution in [3.8, 4) is 0 Å². The summed E-state index contributed by atoms with van der Waals surface area (Å²) in [6.45, 7) is 1.08. The van der Waals surface area contributed by atoms with Gasteiger partial charge in [0.1, 0.15) is 6.33 Å². The number of rotatable bonds is 5. The monoisotopic (exact) mass is 431 g/mol. The van der Waals surface area contributed by atoms with Gasteiger partial charge in [0, 0.05) is 29.1 Å². The van der Waals surface area contributed by atoms with Crippen molar-refractivity contribution < 1.29 is 13.2 Å². The third-order valence-corrected chi connectivity index (χ3v) is 6.30. The lowest BCUT2D eigenvalue weighted by atomic mass is 9.97. The molecule has 1 aromatic heterocycles. The third kappa shape index (κ3) is 5.19. The zero-order valence-electron chi connectivity index (χ0n) is 14.6. The molecule has 1 fully saturated rings. The molecule has 0 atom stereocenters. The van der Waals surface area contributed by atoms with E-state index in [0.29, 0.717) is 42.5 Å².